The van der Waals surface area contributed by atoms with Crippen LogP contribution in [0.1, 0.15) is 20.3 Å². The summed E-state index contributed by atoms with van der Waals surface area (Å²) in [6.45, 7) is 3.81. The first kappa shape index (κ1) is 14.1. The van der Waals surface area contributed by atoms with Crippen molar-refractivity contribution in [1.29, 1.82) is 0 Å². The number of aliphatic imine (C=N–C) groups is 1. The monoisotopic (exact) mass is 276 g/mol. The molecular weight excluding hydrogens is 256 g/mol. The number of aliphatic hydroxyl groups is 3. The highest BCUT2D eigenvalue weighted by molar-refractivity contribution is 8.14. The van der Waals surface area contributed by atoms with E-state index in [0.29, 0.717) is 6.04 Å². The highest BCUT2D eigenvalue weighted by atomic mass is 32.2. The molecule has 6 unspecified atom stereocenters. The van der Waals surface area contributed by atoms with Gasteiger partial charge >= 0.3 is 0 Å². The average Bonchev–Trinajstić information content (AvgIpc) is 2.76. The maximum atomic E-state index is 9.97. The molecule has 2 heterocycles. The van der Waals surface area contributed by atoms with E-state index in [2.05, 4.69) is 17.2 Å². The molecule has 2 aliphatic rings. The summed E-state index contributed by atoms with van der Waals surface area (Å²) < 4.78 is 5.54. The van der Waals surface area contributed by atoms with E-state index in [1.165, 1.54) is 11.8 Å². The van der Waals surface area contributed by atoms with Crippen LogP contribution >= 0.6 is 11.8 Å². The number of fused-ring (bicyclic) bond motifs is 1. The number of amidine groups is 1. The summed E-state index contributed by atoms with van der Waals surface area (Å²) in [7, 11) is 0. The number of nitrogens with one attached hydrogen (secondary N) is 1. The van der Waals surface area contributed by atoms with Gasteiger partial charge < -0.3 is 25.4 Å². The zero-order valence-electron chi connectivity index (χ0n) is 10.5. The third-order valence-electron chi connectivity index (χ3n) is 3.32. The Morgan fingerprint density at radius 3 is 2.78 bits per heavy atom. The van der Waals surface area contributed by atoms with Crippen LogP contribution in [0, 0.1) is 0 Å². The lowest BCUT2D eigenvalue weighted by molar-refractivity contribution is -0.164. The second kappa shape index (κ2) is 5.75. The number of ether oxygens (including phenoxy) is 1. The molecular formula is C11H20N2O4S. The minimum atomic E-state index is -1.09. The third kappa shape index (κ3) is 2.65. The van der Waals surface area contributed by atoms with Gasteiger partial charge in [0.25, 0.3) is 0 Å². The molecule has 0 aromatic rings. The van der Waals surface area contributed by atoms with E-state index in [-0.39, 0.29) is 12.0 Å². The Kier molecular flexibility index (Phi) is 4.50. The van der Waals surface area contributed by atoms with Crippen LogP contribution in [0.15, 0.2) is 4.99 Å². The van der Waals surface area contributed by atoms with Crippen molar-refractivity contribution in [2.45, 2.75) is 56.1 Å². The minimum Gasteiger partial charge on any atom is -0.394 e. The van der Waals surface area contributed by atoms with E-state index in [1.54, 1.807) is 0 Å². The van der Waals surface area contributed by atoms with Crippen molar-refractivity contribution >= 4 is 16.9 Å². The van der Waals surface area contributed by atoms with Crippen molar-refractivity contribution in [3.63, 3.8) is 0 Å². The van der Waals surface area contributed by atoms with Crippen LogP contribution in [-0.4, -0.2) is 62.9 Å². The van der Waals surface area contributed by atoms with E-state index < -0.39 is 24.4 Å². The van der Waals surface area contributed by atoms with Gasteiger partial charge in [0, 0.05) is 6.04 Å². The first-order valence-electron chi connectivity index (χ1n) is 6.20. The van der Waals surface area contributed by atoms with Crippen LogP contribution in [0.4, 0.5) is 0 Å². The lowest BCUT2D eigenvalue weighted by Gasteiger charge is -2.37. The molecule has 0 aromatic heterocycles. The van der Waals surface area contributed by atoms with Crippen LogP contribution in [0.25, 0.3) is 0 Å². The summed E-state index contributed by atoms with van der Waals surface area (Å²) in [6, 6.07) is -0.175. The normalized spacial score (nSPS) is 41.2. The molecule has 7 heteroatoms. The van der Waals surface area contributed by atoms with Gasteiger partial charge in [0.05, 0.1) is 6.61 Å². The Balaban J connectivity index is 2.03. The Bertz CT molecular complexity index is 328. The lowest BCUT2D eigenvalue weighted by Crippen LogP contribution is -2.55. The molecule has 18 heavy (non-hydrogen) atoms. The second-order valence-corrected chi connectivity index (χ2v) is 5.79. The van der Waals surface area contributed by atoms with Crippen molar-refractivity contribution in [3.8, 4) is 0 Å². The van der Waals surface area contributed by atoms with Gasteiger partial charge in [-0.25, -0.2) is 0 Å². The number of aliphatic hydroxyl groups excluding tert-OH is 3. The second-order valence-electron chi connectivity index (χ2n) is 4.70. The molecule has 1 fully saturated rings. The summed E-state index contributed by atoms with van der Waals surface area (Å²) >= 11 is 1.40. The first-order valence-corrected chi connectivity index (χ1v) is 7.08. The summed E-state index contributed by atoms with van der Waals surface area (Å²) in [4.78, 5) is 4.35. The van der Waals surface area contributed by atoms with E-state index in [0.717, 1.165) is 11.6 Å². The number of nitrogens with zero attached hydrogens (tertiary/aromatic N) is 1. The maximum Gasteiger partial charge on any atom is 0.159 e. The number of hydrogen-bond acceptors (Lipinski definition) is 7. The van der Waals surface area contributed by atoms with Crippen LogP contribution in [0.3, 0.4) is 0 Å². The SMILES string of the molecule is CCC(C)NC1=NC2C(OC(CO)C(O)C2O)S1. The molecule has 1 saturated heterocycles. The van der Waals surface area contributed by atoms with Crippen molar-refractivity contribution in [2.75, 3.05) is 6.61 Å². The van der Waals surface area contributed by atoms with Crippen LogP contribution in [0.5, 0.6) is 0 Å². The molecule has 2 rings (SSSR count). The van der Waals surface area contributed by atoms with Gasteiger partial charge in [-0.2, -0.15) is 0 Å². The molecule has 104 valence electrons. The van der Waals surface area contributed by atoms with Crippen molar-refractivity contribution < 1.29 is 20.1 Å². The van der Waals surface area contributed by atoms with Crippen molar-refractivity contribution in [3.05, 3.63) is 0 Å². The van der Waals surface area contributed by atoms with E-state index >= 15 is 0 Å². The Morgan fingerprint density at radius 2 is 2.17 bits per heavy atom. The van der Waals surface area contributed by atoms with Crippen LogP contribution in [0.2, 0.25) is 0 Å². The molecule has 0 amide bonds. The molecule has 0 aromatic carbocycles. The predicted octanol–water partition coefficient (Wildman–Crippen LogP) is -0.715. The fraction of sp³-hybridized carbons (Fsp3) is 0.909. The minimum absolute atomic E-state index is 0.298. The first-order chi connectivity index (χ1) is 8.56. The summed E-state index contributed by atoms with van der Waals surface area (Å²) in [5, 5.41) is 32.8. The molecule has 0 aliphatic carbocycles. The fourth-order valence-electron chi connectivity index (χ4n) is 1.96. The quantitative estimate of drug-likeness (QED) is 0.544. The van der Waals surface area contributed by atoms with Gasteiger partial charge in [0.1, 0.15) is 29.8 Å². The smallest absolute Gasteiger partial charge is 0.159 e. The van der Waals surface area contributed by atoms with E-state index in [1.807, 2.05) is 6.92 Å². The summed E-state index contributed by atoms with van der Waals surface area (Å²) in [5.74, 6) is 0. The van der Waals surface area contributed by atoms with E-state index in [9.17, 15) is 10.2 Å². The highest BCUT2D eigenvalue weighted by Gasteiger charge is 2.48. The van der Waals surface area contributed by atoms with Crippen molar-refractivity contribution in [2.24, 2.45) is 4.99 Å². The average molecular weight is 276 g/mol. The van der Waals surface area contributed by atoms with Gasteiger partial charge in [0.2, 0.25) is 0 Å². The molecule has 6 nitrogen and oxygen atoms in total. The molecule has 0 radical (unpaired) electrons. The number of thioether (sulfide) groups is 1. The van der Waals surface area contributed by atoms with Gasteiger partial charge in [0.15, 0.2) is 5.17 Å². The highest BCUT2D eigenvalue weighted by Crippen LogP contribution is 2.35. The topological polar surface area (TPSA) is 94.3 Å². The predicted molar refractivity (Wildman–Crippen MR) is 69.5 cm³/mol. The number of rotatable bonds is 3. The van der Waals surface area contributed by atoms with Gasteiger partial charge in [-0.05, 0) is 13.3 Å². The molecule has 2 aliphatic heterocycles. The van der Waals surface area contributed by atoms with E-state index in [4.69, 9.17) is 9.84 Å². The Labute approximate surface area is 110 Å². The van der Waals surface area contributed by atoms with Gasteiger partial charge in [-0.1, -0.05) is 18.7 Å². The van der Waals surface area contributed by atoms with Crippen molar-refractivity contribution in [1.82, 2.24) is 5.32 Å². The zero-order valence-corrected chi connectivity index (χ0v) is 11.3. The third-order valence-corrected chi connectivity index (χ3v) is 4.39. The number of hydrogen-bond donors (Lipinski definition) is 4. The molecule has 0 bridgehead atoms. The molecule has 6 atom stereocenters. The molecule has 0 spiro atoms. The van der Waals surface area contributed by atoms with Crippen LogP contribution in [-0.2, 0) is 4.74 Å². The Morgan fingerprint density at radius 1 is 1.44 bits per heavy atom. The maximum absolute atomic E-state index is 9.97. The van der Waals surface area contributed by atoms with Gasteiger partial charge in [-0.3, -0.25) is 4.99 Å². The van der Waals surface area contributed by atoms with Crippen LogP contribution < -0.4 is 5.32 Å². The lowest BCUT2D eigenvalue weighted by atomic mass is 9.99. The standard InChI is InChI=1S/C11H20N2O4S/c1-3-5(2)12-11-13-7-9(16)8(15)6(4-14)17-10(7)18-11/h5-10,14-16H,3-4H2,1-2H3,(H,12,13). The largest absolute Gasteiger partial charge is 0.394 e. The fourth-order valence-corrected chi connectivity index (χ4v) is 3.19. The van der Waals surface area contributed by atoms with Gasteiger partial charge in [-0.15, -0.1) is 0 Å². The summed E-state index contributed by atoms with van der Waals surface area (Å²) in [5.41, 5.74) is -0.341. The molecule has 4 N–H and O–H groups in total. The zero-order chi connectivity index (χ0) is 13.3. The summed E-state index contributed by atoms with van der Waals surface area (Å²) in [6.07, 6.45) is -1.86. The molecule has 0 saturated carbocycles. The Hall–Kier alpha value is -0.340.